The first-order chi connectivity index (χ1) is 9.27. The summed E-state index contributed by atoms with van der Waals surface area (Å²) in [5, 5.41) is 0. The van der Waals surface area contributed by atoms with Crippen molar-refractivity contribution in [2.24, 2.45) is 0 Å². The van der Waals surface area contributed by atoms with Crippen molar-refractivity contribution in [3.8, 4) is 0 Å². The van der Waals surface area contributed by atoms with E-state index in [-0.39, 0.29) is 11.1 Å². The molecular weight excluding hydrogens is 340 g/mol. The quantitative estimate of drug-likeness (QED) is 0.561. The minimum atomic E-state index is -4.53. The molecule has 0 atom stereocenters. The Morgan fingerprint density at radius 1 is 1.00 bits per heavy atom. The summed E-state index contributed by atoms with van der Waals surface area (Å²) < 4.78 is 51.3. The number of hydrogen-bond donors (Lipinski definition) is 0. The molecule has 0 radical (unpaired) electrons. The van der Waals surface area contributed by atoms with Gasteiger partial charge in [0.05, 0.1) is 5.56 Å². The van der Waals surface area contributed by atoms with E-state index in [2.05, 4.69) is 15.9 Å². The molecule has 0 spiro atoms. The van der Waals surface area contributed by atoms with Crippen LogP contribution < -0.4 is 0 Å². The van der Waals surface area contributed by atoms with E-state index in [1.807, 2.05) is 0 Å². The molecule has 0 bridgehead atoms. The minimum Gasteiger partial charge on any atom is -0.289 e. The number of alkyl halides is 3. The van der Waals surface area contributed by atoms with E-state index < -0.39 is 23.3 Å². The number of rotatable bonds is 2. The van der Waals surface area contributed by atoms with Crippen LogP contribution in [0, 0.1) is 5.82 Å². The van der Waals surface area contributed by atoms with Crippen LogP contribution in [0.5, 0.6) is 0 Å². The molecule has 0 aromatic heterocycles. The molecule has 0 fully saturated rings. The average Bonchev–Trinajstić information content (AvgIpc) is 2.36. The minimum absolute atomic E-state index is 0.0174. The van der Waals surface area contributed by atoms with Gasteiger partial charge in [0.1, 0.15) is 5.82 Å². The van der Waals surface area contributed by atoms with E-state index in [4.69, 9.17) is 0 Å². The van der Waals surface area contributed by atoms with Crippen molar-refractivity contribution in [3.63, 3.8) is 0 Å². The molecule has 0 saturated heterocycles. The van der Waals surface area contributed by atoms with Crippen molar-refractivity contribution in [2.45, 2.75) is 6.18 Å². The largest absolute Gasteiger partial charge is 0.416 e. The zero-order valence-electron chi connectivity index (χ0n) is 9.84. The lowest BCUT2D eigenvalue weighted by molar-refractivity contribution is -0.137. The maximum absolute atomic E-state index is 13.2. The number of ketones is 1. The van der Waals surface area contributed by atoms with Crippen LogP contribution in [0.3, 0.4) is 0 Å². The number of halogens is 5. The fourth-order valence-corrected chi connectivity index (χ4v) is 2.15. The van der Waals surface area contributed by atoms with E-state index in [1.54, 1.807) is 0 Å². The van der Waals surface area contributed by atoms with Gasteiger partial charge >= 0.3 is 6.18 Å². The maximum atomic E-state index is 13.2. The van der Waals surface area contributed by atoms with Crippen molar-refractivity contribution in [1.29, 1.82) is 0 Å². The summed E-state index contributed by atoms with van der Waals surface area (Å²) in [4.78, 5) is 12.1. The molecule has 0 N–H and O–H groups in total. The van der Waals surface area contributed by atoms with Crippen molar-refractivity contribution in [3.05, 3.63) is 69.4 Å². The molecule has 2 aromatic carbocycles. The third-order valence-corrected chi connectivity index (χ3v) is 3.03. The van der Waals surface area contributed by atoms with Crippen LogP contribution >= 0.6 is 15.9 Å². The number of hydrogen-bond acceptors (Lipinski definition) is 1. The summed E-state index contributed by atoms with van der Waals surface area (Å²) in [6.07, 6.45) is -4.53. The Kier molecular flexibility index (Phi) is 3.94. The zero-order valence-corrected chi connectivity index (χ0v) is 11.4. The van der Waals surface area contributed by atoms with Gasteiger partial charge in [0.25, 0.3) is 0 Å². The molecule has 6 heteroatoms. The van der Waals surface area contributed by atoms with Gasteiger partial charge in [0, 0.05) is 15.6 Å². The highest BCUT2D eigenvalue weighted by molar-refractivity contribution is 9.10. The van der Waals surface area contributed by atoms with Crippen molar-refractivity contribution in [2.75, 3.05) is 0 Å². The number of carbonyl (C=O) groups excluding carboxylic acids is 1. The molecule has 0 amide bonds. The molecule has 0 aliphatic carbocycles. The highest BCUT2D eigenvalue weighted by Crippen LogP contribution is 2.30. The van der Waals surface area contributed by atoms with Crippen LogP contribution in [-0.2, 0) is 6.18 Å². The SMILES string of the molecule is O=C(c1cc(F)cc(Br)c1)c1cccc(C(F)(F)F)c1. The van der Waals surface area contributed by atoms with E-state index >= 15 is 0 Å². The smallest absolute Gasteiger partial charge is 0.289 e. The zero-order chi connectivity index (χ0) is 14.9. The third kappa shape index (κ3) is 3.25. The molecule has 0 unspecified atom stereocenters. The van der Waals surface area contributed by atoms with Crippen LogP contribution in [0.2, 0.25) is 0 Å². The molecule has 104 valence electrons. The Hall–Kier alpha value is -1.69. The predicted octanol–water partition coefficient (Wildman–Crippen LogP) is 4.84. The third-order valence-electron chi connectivity index (χ3n) is 2.58. The Labute approximate surface area is 120 Å². The average molecular weight is 347 g/mol. The van der Waals surface area contributed by atoms with Gasteiger partial charge in [0.2, 0.25) is 0 Å². The maximum Gasteiger partial charge on any atom is 0.416 e. The lowest BCUT2D eigenvalue weighted by atomic mass is 10.0. The standard InChI is InChI=1S/C14H7BrF4O/c15-11-5-9(6-12(16)7-11)13(20)8-2-1-3-10(4-8)14(17,18)19/h1-7H. The fourth-order valence-electron chi connectivity index (χ4n) is 1.69. The molecule has 2 aromatic rings. The second-order valence-corrected chi connectivity index (χ2v) is 4.98. The highest BCUT2D eigenvalue weighted by atomic mass is 79.9. The first-order valence-corrected chi connectivity index (χ1v) is 6.25. The van der Waals surface area contributed by atoms with E-state index in [0.29, 0.717) is 4.47 Å². The van der Waals surface area contributed by atoms with Crippen LogP contribution in [0.1, 0.15) is 21.5 Å². The van der Waals surface area contributed by atoms with Crippen LogP contribution in [0.15, 0.2) is 46.9 Å². The Balaban J connectivity index is 2.43. The molecule has 0 heterocycles. The van der Waals surface area contributed by atoms with Gasteiger partial charge in [-0.25, -0.2) is 4.39 Å². The van der Waals surface area contributed by atoms with Crippen LogP contribution in [0.25, 0.3) is 0 Å². The van der Waals surface area contributed by atoms with Crippen molar-refractivity contribution in [1.82, 2.24) is 0 Å². The Morgan fingerprint density at radius 2 is 1.70 bits per heavy atom. The lowest BCUT2D eigenvalue weighted by Crippen LogP contribution is -2.08. The summed E-state index contributed by atoms with van der Waals surface area (Å²) >= 11 is 3.03. The predicted molar refractivity (Wildman–Crippen MR) is 69.0 cm³/mol. The molecule has 20 heavy (non-hydrogen) atoms. The lowest BCUT2D eigenvalue weighted by Gasteiger charge is -2.08. The summed E-state index contributed by atoms with van der Waals surface area (Å²) in [5.74, 6) is -1.31. The number of carbonyl (C=O) groups is 1. The van der Waals surface area contributed by atoms with Crippen LogP contribution in [0.4, 0.5) is 17.6 Å². The summed E-state index contributed by atoms with van der Waals surface area (Å²) in [6.45, 7) is 0. The molecule has 0 saturated carbocycles. The van der Waals surface area contributed by atoms with Gasteiger partial charge in [-0.15, -0.1) is 0 Å². The van der Waals surface area contributed by atoms with Crippen LogP contribution in [-0.4, -0.2) is 5.78 Å². The van der Waals surface area contributed by atoms with Gasteiger partial charge in [0.15, 0.2) is 5.78 Å². The highest BCUT2D eigenvalue weighted by Gasteiger charge is 2.31. The van der Waals surface area contributed by atoms with Crippen molar-refractivity contribution >= 4 is 21.7 Å². The first-order valence-electron chi connectivity index (χ1n) is 5.45. The molecule has 2 rings (SSSR count). The number of benzene rings is 2. The van der Waals surface area contributed by atoms with E-state index in [0.717, 1.165) is 30.3 Å². The van der Waals surface area contributed by atoms with Gasteiger partial charge in [-0.3, -0.25) is 4.79 Å². The summed E-state index contributed by atoms with van der Waals surface area (Å²) in [7, 11) is 0. The molecular formula is C14H7BrF4O. The Bertz CT molecular complexity index is 644. The normalized spacial score (nSPS) is 11.4. The summed E-state index contributed by atoms with van der Waals surface area (Å²) in [5.41, 5.74) is -1.08. The topological polar surface area (TPSA) is 17.1 Å². The van der Waals surface area contributed by atoms with Gasteiger partial charge < -0.3 is 0 Å². The second-order valence-electron chi connectivity index (χ2n) is 4.07. The second kappa shape index (κ2) is 5.36. The monoisotopic (exact) mass is 346 g/mol. The van der Waals surface area contributed by atoms with E-state index in [9.17, 15) is 22.4 Å². The molecule has 1 nitrogen and oxygen atoms in total. The van der Waals surface area contributed by atoms with Gasteiger partial charge in [-0.1, -0.05) is 28.1 Å². The Morgan fingerprint density at radius 3 is 2.30 bits per heavy atom. The molecule has 0 aliphatic heterocycles. The fraction of sp³-hybridized carbons (Fsp3) is 0.0714. The van der Waals surface area contributed by atoms with E-state index in [1.165, 1.54) is 12.1 Å². The molecule has 0 aliphatic rings. The van der Waals surface area contributed by atoms with Gasteiger partial charge in [-0.05, 0) is 30.3 Å². The van der Waals surface area contributed by atoms with Crippen molar-refractivity contribution < 1.29 is 22.4 Å². The first kappa shape index (κ1) is 14.7. The summed E-state index contributed by atoms with van der Waals surface area (Å²) in [6, 6.07) is 7.52. The van der Waals surface area contributed by atoms with Gasteiger partial charge in [-0.2, -0.15) is 13.2 Å².